The van der Waals surface area contributed by atoms with Crippen LogP contribution >= 0.6 is 11.6 Å². The fourth-order valence-corrected chi connectivity index (χ4v) is 4.27. The van der Waals surface area contributed by atoms with Crippen LogP contribution in [-0.4, -0.2) is 38.2 Å². The standard InChI is InChI=1S/C28H30ClN3O6/c1-4-35-22-13-19(26-20(15-30)27(31)38-17(3)25(26)28(34)36-5-2)21(29)14-23(22)37-16-24(33)32-12-11-18-9-7-6-8-10-18/h6-10,13-14,26H,4-5,11-12,16,31H2,1-3H3,(H,32,33). The molecule has 38 heavy (non-hydrogen) atoms. The van der Waals surface area contributed by atoms with Gasteiger partial charge in [0.2, 0.25) is 5.88 Å². The molecule has 0 aliphatic carbocycles. The molecule has 0 saturated heterocycles. The molecule has 0 fully saturated rings. The van der Waals surface area contributed by atoms with Crippen LogP contribution in [0.25, 0.3) is 0 Å². The lowest BCUT2D eigenvalue weighted by Crippen LogP contribution is -2.30. The number of rotatable bonds is 11. The Morgan fingerprint density at radius 3 is 2.50 bits per heavy atom. The van der Waals surface area contributed by atoms with Gasteiger partial charge in [0.1, 0.15) is 17.4 Å². The van der Waals surface area contributed by atoms with Gasteiger partial charge in [0.05, 0.1) is 24.7 Å². The summed E-state index contributed by atoms with van der Waals surface area (Å²) >= 11 is 6.64. The minimum absolute atomic E-state index is 0.00876. The molecule has 9 nitrogen and oxygen atoms in total. The Labute approximate surface area is 226 Å². The molecule has 1 aliphatic heterocycles. The predicted octanol–water partition coefficient (Wildman–Crippen LogP) is 4.12. The van der Waals surface area contributed by atoms with Crippen molar-refractivity contribution in [2.24, 2.45) is 5.73 Å². The summed E-state index contributed by atoms with van der Waals surface area (Å²) in [5, 5.41) is 12.8. The van der Waals surface area contributed by atoms with Gasteiger partial charge in [0, 0.05) is 17.6 Å². The van der Waals surface area contributed by atoms with E-state index in [0.29, 0.717) is 18.5 Å². The van der Waals surface area contributed by atoms with Gasteiger partial charge in [-0.05, 0) is 44.4 Å². The SMILES string of the molecule is CCOC(=O)C1=C(C)OC(N)=C(C#N)C1c1cc(OCC)c(OCC(=O)NCCc2ccccc2)cc1Cl. The summed E-state index contributed by atoms with van der Waals surface area (Å²) in [5.74, 6) is -1.33. The lowest BCUT2D eigenvalue weighted by atomic mass is 9.83. The molecule has 1 heterocycles. The highest BCUT2D eigenvalue weighted by atomic mass is 35.5. The highest BCUT2D eigenvalue weighted by Crippen LogP contribution is 2.45. The van der Waals surface area contributed by atoms with Gasteiger partial charge in [-0.3, -0.25) is 4.79 Å². The molecule has 3 N–H and O–H groups in total. The van der Waals surface area contributed by atoms with E-state index in [1.165, 1.54) is 6.07 Å². The Morgan fingerprint density at radius 1 is 1.13 bits per heavy atom. The monoisotopic (exact) mass is 539 g/mol. The molecule has 10 heteroatoms. The van der Waals surface area contributed by atoms with Crippen molar-refractivity contribution >= 4 is 23.5 Å². The molecular formula is C28H30ClN3O6. The van der Waals surface area contributed by atoms with Crippen molar-refractivity contribution in [1.29, 1.82) is 5.26 Å². The molecule has 1 atom stereocenters. The number of hydrogen-bond donors (Lipinski definition) is 2. The molecular weight excluding hydrogens is 510 g/mol. The number of halogens is 1. The lowest BCUT2D eigenvalue weighted by molar-refractivity contribution is -0.139. The highest BCUT2D eigenvalue weighted by molar-refractivity contribution is 6.31. The lowest BCUT2D eigenvalue weighted by Gasteiger charge is -2.28. The van der Waals surface area contributed by atoms with E-state index >= 15 is 0 Å². The van der Waals surface area contributed by atoms with Crippen LogP contribution < -0.4 is 20.5 Å². The maximum Gasteiger partial charge on any atom is 0.338 e. The van der Waals surface area contributed by atoms with Gasteiger partial charge in [0.25, 0.3) is 5.91 Å². The van der Waals surface area contributed by atoms with Crippen LogP contribution in [0.2, 0.25) is 5.02 Å². The first-order valence-electron chi connectivity index (χ1n) is 12.2. The normalized spacial score (nSPS) is 14.9. The Bertz CT molecular complexity index is 1280. The zero-order chi connectivity index (χ0) is 27.7. The summed E-state index contributed by atoms with van der Waals surface area (Å²) in [5.41, 5.74) is 7.58. The number of nitrogens with one attached hydrogen (secondary N) is 1. The smallest absolute Gasteiger partial charge is 0.338 e. The summed E-state index contributed by atoms with van der Waals surface area (Å²) in [6.45, 7) is 5.64. The summed E-state index contributed by atoms with van der Waals surface area (Å²) < 4.78 is 22.1. The van der Waals surface area contributed by atoms with Crippen molar-refractivity contribution in [1.82, 2.24) is 5.32 Å². The molecule has 0 saturated carbocycles. The number of carbonyl (C=O) groups is 2. The van der Waals surface area contributed by atoms with Crippen molar-refractivity contribution in [3.8, 4) is 17.6 Å². The van der Waals surface area contributed by atoms with Crippen molar-refractivity contribution in [3.63, 3.8) is 0 Å². The van der Waals surface area contributed by atoms with E-state index in [1.54, 1.807) is 26.8 Å². The molecule has 0 aromatic heterocycles. The molecule has 2 aromatic carbocycles. The van der Waals surface area contributed by atoms with E-state index in [4.69, 9.17) is 36.3 Å². The number of hydrogen-bond acceptors (Lipinski definition) is 8. The van der Waals surface area contributed by atoms with Gasteiger partial charge in [-0.25, -0.2) is 4.79 Å². The van der Waals surface area contributed by atoms with Gasteiger partial charge in [-0.2, -0.15) is 5.26 Å². The number of esters is 1. The molecule has 0 bridgehead atoms. The quantitative estimate of drug-likeness (QED) is 0.407. The zero-order valence-electron chi connectivity index (χ0n) is 21.5. The zero-order valence-corrected chi connectivity index (χ0v) is 22.3. The average Bonchev–Trinajstić information content (AvgIpc) is 2.89. The second-order valence-electron chi connectivity index (χ2n) is 8.24. The summed E-state index contributed by atoms with van der Waals surface area (Å²) in [6, 6.07) is 14.9. The fourth-order valence-electron chi connectivity index (χ4n) is 4.00. The summed E-state index contributed by atoms with van der Waals surface area (Å²) in [7, 11) is 0. The van der Waals surface area contributed by atoms with E-state index in [2.05, 4.69) is 5.32 Å². The predicted molar refractivity (Wildman–Crippen MR) is 141 cm³/mol. The average molecular weight is 540 g/mol. The number of ether oxygens (including phenoxy) is 4. The molecule has 2 aromatic rings. The molecule has 0 spiro atoms. The van der Waals surface area contributed by atoms with Crippen LogP contribution in [0.3, 0.4) is 0 Å². The van der Waals surface area contributed by atoms with E-state index in [1.807, 2.05) is 36.4 Å². The van der Waals surface area contributed by atoms with Crippen molar-refractivity contribution in [2.45, 2.75) is 33.1 Å². The van der Waals surface area contributed by atoms with Crippen molar-refractivity contribution in [3.05, 3.63) is 81.4 Å². The van der Waals surface area contributed by atoms with E-state index in [9.17, 15) is 14.9 Å². The van der Waals surface area contributed by atoms with Gasteiger partial charge in [-0.15, -0.1) is 0 Å². The van der Waals surface area contributed by atoms with Gasteiger partial charge < -0.3 is 30.0 Å². The summed E-state index contributed by atoms with van der Waals surface area (Å²) in [4.78, 5) is 25.2. The molecule has 0 radical (unpaired) electrons. The fraction of sp³-hybridized carbons (Fsp3) is 0.321. The van der Waals surface area contributed by atoms with Crippen LogP contribution in [0.5, 0.6) is 11.5 Å². The van der Waals surface area contributed by atoms with Crippen molar-refractivity contribution < 1.29 is 28.5 Å². The van der Waals surface area contributed by atoms with Crippen LogP contribution in [0.1, 0.15) is 37.8 Å². The molecule has 1 amide bonds. The molecule has 1 aliphatic rings. The van der Waals surface area contributed by atoms with E-state index in [-0.39, 0.29) is 65.0 Å². The van der Waals surface area contributed by atoms with Gasteiger partial charge >= 0.3 is 5.97 Å². The number of nitrogens with two attached hydrogens (primary N) is 1. The van der Waals surface area contributed by atoms with E-state index in [0.717, 1.165) is 5.56 Å². The van der Waals surface area contributed by atoms with Crippen LogP contribution in [0, 0.1) is 11.3 Å². The van der Waals surface area contributed by atoms with Crippen LogP contribution in [0.4, 0.5) is 0 Å². The third kappa shape index (κ3) is 6.78. The Balaban J connectivity index is 1.85. The van der Waals surface area contributed by atoms with E-state index < -0.39 is 11.9 Å². The first-order valence-corrected chi connectivity index (χ1v) is 12.5. The number of amides is 1. The first-order chi connectivity index (χ1) is 18.3. The third-order valence-corrected chi connectivity index (χ3v) is 6.04. The minimum Gasteiger partial charge on any atom is -0.490 e. The number of nitrogens with zero attached hydrogens (tertiary/aromatic N) is 1. The Hall–Kier alpha value is -4.16. The largest absolute Gasteiger partial charge is 0.490 e. The number of benzene rings is 2. The highest BCUT2D eigenvalue weighted by Gasteiger charge is 2.38. The Kier molecular flexibility index (Phi) is 10.0. The topological polar surface area (TPSA) is 133 Å². The second kappa shape index (κ2) is 13.4. The molecule has 3 rings (SSSR count). The summed E-state index contributed by atoms with van der Waals surface area (Å²) in [6.07, 6.45) is 0.690. The second-order valence-corrected chi connectivity index (χ2v) is 8.65. The molecule has 200 valence electrons. The maximum atomic E-state index is 12.8. The van der Waals surface area contributed by atoms with Crippen LogP contribution in [-0.2, 0) is 25.5 Å². The van der Waals surface area contributed by atoms with Crippen molar-refractivity contribution in [2.75, 3.05) is 26.4 Å². The number of carbonyl (C=O) groups excluding carboxylic acids is 2. The maximum absolute atomic E-state index is 12.8. The molecule has 1 unspecified atom stereocenters. The first kappa shape index (κ1) is 28.4. The Morgan fingerprint density at radius 2 is 1.84 bits per heavy atom. The number of nitriles is 1. The number of allylic oxidation sites excluding steroid dienone is 2. The van der Waals surface area contributed by atoms with Gasteiger partial charge in [0.15, 0.2) is 18.1 Å². The minimum atomic E-state index is -0.949. The van der Waals surface area contributed by atoms with Gasteiger partial charge in [-0.1, -0.05) is 41.9 Å². The third-order valence-electron chi connectivity index (χ3n) is 5.71. The van der Waals surface area contributed by atoms with Crippen LogP contribution in [0.15, 0.2) is 65.3 Å².